The predicted octanol–water partition coefficient (Wildman–Crippen LogP) is 3.52. The maximum atomic E-state index is 10.7. The summed E-state index contributed by atoms with van der Waals surface area (Å²) in [6, 6.07) is 11.1. The molecule has 80 valence electrons. The maximum absolute atomic E-state index is 10.7. The molecule has 2 nitrogen and oxygen atoms in total. The van der Waals surface area contributed by atoms with Crippen LogP contribution in [-0.2, 0) is 0 Å². The molecule has 0 unspecified atom stereocenters. The van der Waals surface area contributed by atoms with Crippen LogP contribution in [0.4, 0.5) is 0 Å². The Kier molecular flexibility index (Phi) is 3.02. The smallest absolute Gasteiger partial charge is 0.151 e. The number of nitrogens with zero attached hydrogens (tertiary/aromatic N) is 1. The number of pyridine rings is 1. The molecule has 1 aromatic carbocycles. The molecular weight excluding hydrogens is 222 g/mol. The van der Waals surface area contributed by atoms with E-state index in [1.165, 1.54) is 0 Å². The highest BCUT2D eigenvalue weighted by atomic mass is 35.5. The van der Waals surface area contributed by atoms with Crippen LogP contribution in [0.3, 0.4) is 0 Å². The van der Waals surface area contributed by atoms with Gasteiger partial charge in [-0.3, -0.25) is 9.78 Å². The van der Waals surface area contributed by atoms with E-state index in [0.717, 1.165) is 23.2 Å². The average molecular weight is 232 g/mol. The number of carbonyl (C=O) groups is 1. The first kappa shape index (κ1) is 10.8. The number of aldehydes is 1. The van der Waals surface area contributed by atoms with Gasteiger partial charge in [0.1, 0.15) is 0 Å². The van der Waals surface area contributed by atoms with Crippen molar-refractivity contribution in [1.29, 1.82) is 0 Å². The highest BCUT2D eigenvalue weighted by molar-refractivity contribution is 6.30. The van der Waals surface area contributed by atoms with E-state index in [1.807, 2.05) is 37.3 Å². The molecule has 0 aliphatic rings. The molecule has 1 heterocycles. The third-order valence-corrected chi connectivity index (χ3v) is 2.61. The lowest BCUT2D eigenvalue weighted by Crippen LogP contribution is -1.92. The van der Waals surface area contributed by atoms with Crippen molar-refractivity contribution in [3.8, 4) is 11.3 Å². The van der Waals surface area contributed by atoms with E-state index in [9.17, 15) is 4.79 Å². The number of aryl methyl sites for hydroxylation is 1. The van der Waals surface area contributed by atoms with Gasteiger partial charge in [0.05, 0.1) is 5.69 Å². The molecule has 0 spiro atoms. The van der Waals surface area contributed by atoms with Gasteiger partial charge in [-0.1, -0.05) is 23.7 Å². The Hall–Kier alpha value is -1.67. The van der Waals surface area contributed by atoms with Crippen LogP contribution in [0.15, 0.2) is 36.4 Å². The van der Waals surface area contributed by atoms with Gasteiger partial charge >= 0.3 is 0 Å². The van der Waals surface area contributed by atoms with Gasteiger partial charge in [0.15, 0.2) is 6.29 Å². The molecule has 1 aromatic heterocycles. The fourth-order valence-corrected chi connectivity index (χ4v) is 1.70. The Labute approximate surface area is 98.9 Å². The standard InChI is InChI=1S/C13H10ClNO/c1-9-11(8-16)5-6-13(15-9)10-3-2-4-12(14)7-10/h2-8H,1H3. The highest BCUT2D eigenvalue weighted by Crippen LogP contribution is 2.21. The van der Waals surface area contributed by atoms with Crippen molar-refractivity contribution in [2.24, 2.45) is 0 Å². The summed E-state index contributed by atoms with van der Waals surface area (Å²) in [5, 5.41) is 0.677. The largest absolute Gasteiger partial charge is 0.298 e. The van der Waals surface area contributed by atoms with Crippen molar-refractivity contribution < 1.29 is 4.79 Å². The lowest BCUT2D eigenvalue weighted by Gasteiger charge is -2.04. The minimum atomic E-state index is 0.616. The molecule has 0 fully saturated rings. The minimum absolute atomic E-state index is 0.616. The number of benzene rings is 1. The zero-order valence-electron chi connectivity index (χ0n) is 8.77. The van der Waals surface area contributed by atoms with E-state index in [2.05, 4.69) is 4.98 Å². The van der Waals surface area contributed by atoms with Crippen LogP contribution in [-0.4, -0.2) is 11.3 Å². The first-order valence-corrected chi connectivity index (χ1v) is 5.27. The summed E-state index contributed by atoms with van der Waals surface area (Å²) in [6.45, 7) is 1.82. The second-order valence-corrected chi connectivity index (χ2v) is 3.94. The third kappa shape index (κ3) is 2.12. The molecule has 0 radical (unpaired) electrons. The lowest BCUT2D eigenvalue weighted by molar-refractivity contribution is 0.112. The molecule has 0 saturated heterocycles. The van der Waals surface area contributed by atoms with E-state index in [-0.39, 0.29) is 0 Å². The van der Waals surface area contributed by atoms with Crippen LogP contribution in [0.1, 0.15) is 16.1 Å². The second-order valence-electron chi connectivity index (χ2n) is 3.50. The normalized spacial score (nSPS) is 10.1. The number of carbonyl (C=O) groups excluding carboxylic acids is 1. The molecule has 3 heteroatoms. The summed E-state index contributed by atoms with van der Waals surface area (Å²) < 4.78 is 0. The first-order valence-electron chi connectivity index (χ1n) is 4.89. The van der Waals surface area contributed by atoms with E-state index < -0.39 is 0 Å². The van der Waals surface area contributed by atoms with Gasteiger partial charge in [0.25, 0.3) is 0 Å². The minimum Gasteiger partial charge on any atom is -0.298 e. The molecular formula is C13H10ClNO. The van der Waals surface area contributed by atoms with Crippen molar-refractivity contribution in [1.82, 2.24) is 4.98 Å². The molecule has 2 rings (SSSR count). The number of halogens is 1. The molecule has 0 atom stereocenters. The van der Waals surface area contributed by atoms with Crippen LogP contribution < -0.4 is 0 Å². The predicted molar refractivity (Wildman–Crippen MR) is 64.8 cm³/mol. The maximum Gasteiger partial charge on any atom is 0.151 e. The van der Waals surface area contributed by atoms with Crippen molar-refractivity contribution >= 4 is 17.9 Å². The molecule has 0 bridgehead atoms. The zero-order chi connectivity index (χ0) is 11.5. The molecule has 0 aliphatic carbocycles. The van der Waals surface area contributed by atoms with Gasteiger partial charge < -0.3 is 0 Å². The summed E-state index contributed by atoms with van der Waals surface area (Å²) in [6.07, 6.45) is 0.810. The molecule has 0 saturated carbocycles. The fourth-order valence-electron chi connectivity index (χ4n) is 1.50. The quantitative estimate of drug-likeness (QED) is 0.741. The molecule has 2 aromatic rings. The van der Waals surface area contributed by atoms with Crippen LogP contribution in [0.5, 0.6) is 0 Å². The zero-order valence-corrected chi connectivity index (χ0v) is 9.53. The number of hydrogen-bond acceptors (Lipinski definition) is 2. The summed E-state index contributed by atoms with van der Waals surface area (Å²) in [5.41, 5.74) is 3.12. The van der Waals surface area contributed by atoms with E-state index in [0.29, 0.717) is 10.6 Å². The Balaban J connectivity index is 2.49. The monoisotopic (exact) mass is 231 g/mol. The van der Waals surface area contributed by atoms with E-state index >= 15 is 0 Å². The molecule has 0 amide bonds. The van der Waals surface area contributed by atoms with Crippen LogP contribution in [0.25, 0.3) is 11.3 Å². The Morgan fingerprint density at radius 2 is 2.06 bits per heavy atom. The summed E-state index contributed by atoms with van der Waals surface area (Å²) in [5.74, 6) is 0. The summed E-state index contributed by atoms with van der Waals surface area (Å²) >= 11 is 5.91. The van der Waals surface area contributed by atoms with Gasteiger partial charge in [-0.25, -0.2) is 0 Å². The molecule has 0 aliphatic heterocycles. The Bertz CT molecular complexity index is 537. The van der Waals surface area contributed by atoms with Crippen molar-refractivity contribution in [2.45, 2.75) is 6.92 Å². The summed E-state index contributed by atoms with van der Waals surface area (Å²) in [7, 11) is 0. The SMILES string of the molecule is Cc1nc(-c2cccc(Cl)c2)ccc1C=O. The average Bonchev–Trinajstić information content (AvgIpc) is 2.29. The van der Waals surface area contributed by atoms with Crippen molar-refractivity contribution in [3.05, 3.63) is 52.7 Å². The number of hydrogen-bond donors (Lipinski definition) is 0. The van der Waals surface area contributed by atoms with Gasteiger partial charge in [0, 0.05) is 21.8 Å². The lowest BCUT2D eigenvalue weighted by atomic mass is 10.1. The van der Waals surface area contributed by atoms with Gasteiger partial charge in [-0.15, -0.1) is 0 Å². The molecule has 16 heavy (non-hydrogen) atoms. The molecule has 0 N–H and O–H groups in total. The van der Waals surface area contributed by atoms with E-state index in [1.54, 1.807) is 6.07 Å². The summed E-state index contributed by atoms with van der Waals surface area (Å²) in [4.78, 5) is 15.0. The van der Waals surface area contributed by atoms with Crippen LogP contribution in [0.2, 0.25) is 5.02 Å². The highest BCUT2D eigenvalue weighted by Gasteiger charge is 2.03. The van der Waals surface area contributed by atoms with Crippen LogP contribution in [0, 0.1) is 6.92 Å². The van der Waals surface area contributed by atoms with Gasteiger partial charge in [-0.05, 0) is 31.2 Å². The van der Waals surface area contributed by atoms with Crippen LogP contribution >= 0.6 is 11.6 Å². The topological polar surface area (TPSA) is 30.0 Å². The van der Waals surface area contributed by atoms with Crippen molar-refractivity contribution in [3.63, 3.8) is 0 Å². The first-order chi connectivity index (χ1) is 7.70. The number of rotatable bonds is 2. The number of aromatic nitrogens is 1. The van der Waals surface area contributed by atoms with Gasteiger partial charge in [-0.2, -0.15) is 0 Å². The Morgan fingerprint density at radius 1 is 1.25 bits per heavy atom. The Morgan fingerprint density at radius 3 is 2.69 bits per heavy atom. The fraction of sp³-hybridized carbons (Fsp3) is 0.0769. The third-order valence-electron chi connectivity index (χ3n) is 2.37. The van der Waals surface area contributed by atoms with E-state index in [4.69, 9.17) is 11.6 Å². The van der Waals surface area contributed by atoms with Gasteiger partial charge in [0.2, 0.25) is 0 Å². The second kappa shape index (κ2) is 4.45. The van der Waals surface area contributed by atoms with Crippen molar-refractivity contribution in [2.75, 3.05) is 0 Å².